The number of para-hydroxylation sites is 1. The van der Waals surface area contributed by atoms with Crippen LogP contribution in [0.1, 0.15) is 12.1 Å². The largest absolute Gasteiger partial charge is 0.491 e. The van der Waals surface area contributed by atoms with Crippen LogP contribution < -0.4 is 14.2 Å². The Morgan fingerprint density at radius 1 is 0.719 bits per heavy atom. The minimum atomic E-state index is 0.408. The van der Waals surface area contributed by atoms with E-state index in [1.165, 1.54) is 0 Å². The Balaban J connectivity index is 1.37. The summed E-state index contributed by atoms with van der Waals surface area (Å²) in [6.45, 7) is 2.86. The highest BCUT2D eigenvalue weighted by atomic mass is 35.5. The lowest BCUT2D eigenvalue weighted by molar-refractivity contribution is 0.243. The van der Waals surface area contributed by atoms with Gasteiger partial charge in [0.25, 0.3) is 0 Å². The van der Waals surface area contributed by atoms with E-state index in [0.29, 0.717) is 52.0 Å². The number of halogens is 3. The lowest BCUT2D eigenvalue weighted by Gasteiger charge is -2.14. The van der Waals surface area contributed by atoms with Crippen molar-refractivity contribution in [2.75, 3.05) is 13.2 Å². The molecule has 0 radical (unpaired) electrons. The minimum absolute atomic E-state index is 0.408. The van der Waals surface area contributed by atoms with Gasteiger partial charge in [0.15, 0.2) is 11.5 Å². The van der Waals surface area contributed by atoms with Crippen LogP contribution in [0.5, 0.6) is 23.0 Å². The molecule has 0 atom stereocenters. The maximum Gasteiger partial charge on any atom is 0.169 e. The van der Waals surface area contributed by atoms with Gasteiger partial charge in [0.05, 0.1) is 18.2 Å². The minimum Gasteiger partial charge on any atom is -0.491 e. The van der Waals surface area contributed by atoms with Crippen molar-refractivity contribution in [1.29, 1.82) is 0 Å². The van der Waals surface area contributed by atoms with Crippen molar-refractivity contribution in [3.8, 4) is 23.0 Å². The number of ether oxygens (including phenoxy) is 3. The Kier molecular flexibility index (Phi) is 7.26. The van der Waals surface area contributed by atoms with Crippen LogP contribution in [0.25, 0.3) is 10.9 Å². The molecule has 4 aromatic rings. The van der Waals surface area contributed by atoms with E-state index >= 15 is 0 Å². The van der Waals surface area contributed by atoms with Crippen LogP contribution in [0.2, 0.25) is 15.1 Å². The Hall–Kier alpha value is -2.66. The fraction of sp³-hybridized carbons (Fsp3) is 0.160. The number of aromatic nitrogens is 1. The molecule has 0 saturated heterocycles. The van der Waals surface area contributed by atoms with Crippen LogP contribution in [0.4, 0.5) is 0 Å². The highest BCUT2D eigenvalue weighted by molar-refractivity contribution is 6.35. The molecular weight excluding hydrogens is 469 g/mol. The van der Waals surface area contributed by atoms with Gasteiger partial charge in [0, 0.05) is 33.6 Å². The molecule has 0 aliphatic heterocycles. The zero-order valence-electron chi connectivity index (χ0n) is 17.3. The number of nitrogens with zero attached hydrogens (tertiary/aromatic N) is 1. The molecule has 0 fully saturated rings. The summed E-state index contributed by atoms with van der Waals surface area (Å²) in [7, 11) is 0. The van der Waals surface area contributed by atoms with E-state index in [2.05, 4.69) is 4.98 Å². The Labute approximate surface area is 201 Å². The third kappa shape index (κ3) is 5.57. The third-order valence-electron chi connectivity index (χ3n) is 4.65. The van der Waals surface area contributed by atoms with Gasteiger partial charge in [-0.1, -0.05) is 53.0 Å². The van der Waals surface area contributed by atoms with E-state index in [-0.39, 0.29) is 0 Å². The van der Waals surface area contributed by atoms with Gasteiger partial charge in [0.2, 0.25) is 0 Å². The molecule has 1 aromatic heterocycles. The molecule has 0 amide bonds. The van der Waals surface area contributed by atoms with Crippen LogP contribution in [0, 0.1) is 6.92 Å². The molecule has 3 aromatic carbocycles. The van der Waals surface area contributed by atoms with Gasteiger partial charge in [-0.15, -0.1) is 0 Å². The van der Waals surface area contributed by atoms with E-state index < -0.39 is 0 Å². The zero-order valence-corrected chi connectivity index (χ0v) is 19.5. The van der Waals surface area contributed by atoms with E-state index in [1.807, 2.05) is 37.3 Å². The van der Waals surface area contributed by atoms with Gasteiger partial charge in [-0.2, -0.15) is 0 Å². The van der Waals surface area contributed by atoms with E-state index in [9.17, 15) is 0 Å². The normalized spacial score (nSPS) is 10.9. The quantitative estimate of drug-likeness (QED) is 0.235. The van der Waals surface area contributed by atoms with Gasteiger partial charge in [0.1, 0.15) is 17.0 Å². The molecule has 0 unspecified atom stereocenters. The monoisotopic (exact) mass is 487 g/mol. The average molecular weight is 489 g/mol. The molecule has 0 N–H and O–H groups in total. The van der Waals surface area contributed by atoms with Crippen molar-refractivity contribution in [2.24, 2.45) is 0 Å². The summed E-state index contributed by atoms with van der Waals surface area (Å²) >= 11 is 18.3. The zero-order chi connectivity index (χ0) is 22.5. The first-order chi connectivity index (χ1) is 15.5. The summed E-state index contributed by atoms with van der Waals surface area (Å²) in [5.41, 5.74) is 1.81. The Bertz CT molecular complexity index is 1250. The van der Waals surface area contributed by atoms with E-state index in [0.717, 1.165) is 22.3 Å². The molecular formula is C25H20Cl3NO3. The van der Waals surface area contributed by atoms with Crippen LogP contribution in [-0.2, 0) is 0 Å². The van der Waals surface area contributed by atoms with Crippen LogP contribution in [0.15, 0.2) is 66.7 Å². The highest BCUT2D eigenvalue weighted by Gasteiger charge is 2.11. The molecule has 0 aliphatic rings. The standard InChI is InChI=1S/C25H20Cl3NO3/c1-16-6-7-17-4-2-5-23(25(17)29-16)30-12-3-13-31-24-15-19(27)9-11-22(24)32-21-10-8-18(26)14-20(21)28/h2,4-11,14-15H,3,12-13H2,1H3. The van der Waals surface area contributed by atoms with Crippen molar-refractivity contribution < 1.29 is 14.2 Å². The predicted molar refractivity (Wildman–Crippen MR) is 130 cm³/mol. The first-order valence-electron chi connectivity index (χ1n) is 10.0. The lowest BCUT2D eigenvalue weighted by Crippen LogP contribution is -2.06. The molecule has 4 rings (SSSR count). The summed E-state index contributed by atoms with van der Waals surface area (Å²) in [6, 6.07) is 20.1. The summed E-state index contributed by atoms with van der Waals surface area (Å²) in [6.07, 6.45) is 0.663. The molecule has 164 valence electrons. The second kappa shape index (κ2) is 10.3. The Morgan fingerprint density at radius 3 is 2.22 bits per heavy atom. The average Bonchev–Trinajstić information content (AvgIpc) is 2.77. The molecule has 0 aliphatic carbocycles. The molecule has 0 saturated carbocycles. The smallest absolute Gasteiger partial charge is 0.169 e. The number of aryl methyl sites for hydroxylation is 1. The summed E-state index contributed by atoms with van der Waals surface area (Å²) in [4.78, 5) is 4.59. The van der Waals surface area contributed by atoms with Gasteiger partial charge < -0.3 is 14.2 Å². The molecule has 0 bridgehead atoms. The fourth-order valence-electron chi connectivity index (χ4n) is 3.11. The molecule has 1 heterocycles. The topological polar surface area (TPSA) is 40.6 Å². The second-order valence-electron chi connectivity index (χ2n) is 7.10. The fourth-order valence-corrected chi connectivity index (χ4v) is 3.72. The van der Waals surface area contributed by atoms with E-state index in [1.54, 1.807) is 36.4 Å². The van der Waals surface area contributed by atoms with Gasteiger partial charge >= 0.3 is 0 Å². The lowest BCUT2D eigenvalue weighted by atomic mass is 10.2. The highest BCUT2D eigenvalue weighted by Crippen LogP contribution is 2.37. The first kappa shape index (κ1) is 22.5. The summed E-state index contributed by atoms with van der Waals surface area (Å²) < 4.78 is 17.8. The first-order valence-corrected chi connectivity index (χ1v) is 11.2. The molecule has 7 heteroatoms. The second-order valence-corrected chi connectivity index (χ2v) is 8.38. The number of rotatable bonds is 8. The van der Waals surface area contributed by atoms with E-state index in [4.69, 9.17) is 49.0 Å². The predicted octanol–water partition coefficient (Wildman–Crippen LogP) is 8.14. The van der Waals surface area contributed by atoms with Crippen LogP contribution in [-0.4, -0.2) is 18.2 Å². The number of benzene rings is 3. The molecule has 0 spiro atoms. The number of hydrogen-bond donors (Lipinski definition) is 0. The van der Waals surface area contributed by atoms with Crippen molar-refractivity contribution in [2.45, 2.75) is 13.3 Å². The van der Waals surface area contributed by atoms with Gasteiger partial charge in [-0.3, -0.25) is 0 Å². The summed E-state index contributed by atoms with van der Waals surface area (Å²) in [5, 5.41) is 2.53. The molecule has 4 nitrogen and oxygen atoms in total. The van der Waals surface area contributed by atoms with Crippen LogP contribution in [0.3, 0.4) is 0 Å². The number of fused-ring (bicyclic) bond motifs is 1. The maximum absolute atomic E-state index is 6.22. The van der Waals surface area contributed by atoms with Crippen molar-refractivity contribution in [3.63, 3.8) is 0 Å². The van der Waals surface area contributed by atoms with Crippen molar-refractivity contribution in [3.05, 3.63) is 87.5 Å². The van der Waals surface area contributed by atoms with Crippen LogP contribution >= 0.6 is 34.8 Å². The third-order valence-corrected chi connectivity index (χ3v) is 5.41. The molecule has 32 heavy (non-hydrogen) atoms. The van der Waals surface area contributed by atoms with Gasteiger partial charge in [-0.25, -0.2) is 4.98 Å². The number of hydrogen-bond acceptors (Lipinski definition) is 4. The van der Waals surface area contributed by atoms with Crippen molar-refractivity contribution >= 4 is 45.7 Å². The van der Waals surface area contributed by atoms with Gasteiger partial charge in [-0.05, 0) is 49.4 Å². The Morgan fingerprint density at radius 2 is 1.44 bits per heavy atom. The van der Waals surface area contributed by atoms with Crippen molar-refractivity contribution in [1.82, 2.24) is 4.98 Å². The summed E-state index contributed by atoms with van der Waals surface area (Å²) in [5.74, 6) is 2.26. The number of pyridine rings is 1. The maximum atomic E-state index is 6.22. The SMILES string of the molecule is Cc1ccc2cccc(OCCCOc3cc(Cl)ccc3Oc3ccc(Cl)cc3Cl)c2n1.